The van der Waals surface area contributed by atoms with E-state index < -0.39 is 0 Å². The zero-order chi connectivity index (χ0) is 17.1. The molecule has 0 bridgehead atoms. The summed E-state index contributed by atoms with van der Waals surface area (Å²) in [6.07, 6.45) is 3.27. The summed E-state index contributed by atoms with van der Waals surface area (Å²) in [6.45, 7) is -0.149. The van der Waals surface area contributed by atoms with Crippen molar-refractivity contribution < 1.29 is 9.59 Å². The molecule has 3 rings (SSSR count). The van der Waals surface area contributed by atoms with Gasteiger partial charge in [-0.25, -0.2) is 4.98 Å². The van der Waals surface area contributed by atoms with Gasteiger partial charge in [0.2, 0.25) is 5.91 Å². The SMILES string of the molecule is O=C(CN1C(=O)/C(=C/c2ccccc2Cl)SC1=S)Nc1nccs1. The van der Waals surface area contributed by atoms with Crippen LogP contribution in [0.1, 0.15) is 5.56 Å². The minimum absolute atomic E-state index is 0.149. The molecule has 0 spiro atoms. The van der Waals surface area contributed by atoms with Crippen LogP contribution in [0.25, 0.3) is 6.08 Å². The van der Waals surface area contributed by atoms with Crippen LogP contribution in [-0.2, 0) is 9.59 Å². The number of halogens is 1. The maximum Gasteiger partial charge on any atom is 0.266 e. The molecule has 0 atom stereocenters. The predicted molar refractivity (Wildman–Crippen MR) is 102 cm³/mol. The number of carbonyl (C=O) groups is 2. The summed E-state index contributed by atoms with van der Waals surface area (Å²) in [5.74, 6) is -0.653. The van der Waals surface area contributed by atoms with Crippen LogP contribution in [0, 0.1) is 0 Å². The molecule has 2 heterocycles. The molecule has 1 aromatic heterocycles. The number of anilines is 1. The number of nitrogens with zero attached hydrogens (tertiary/aromatic N) is 2. The fraction of sp³-hybridized carbons (Fsp3) is 0.0667. The molecule has 1 fully saturated rings. The van der Waals surface area contributed by atoms with E-state index in [-0.39, 0.29) is 18.4 Å². The number of thiocarbonyl (C=S) groups is 1. The Balaban J connectivity index is 1.72. The first-order valence-corrected chi connectivity index (χ1v) is 9.22. The molecule has 122 valence electrons. The van der Waals surface area contributed by atoms with Gasteiger partial charge in [-0.05, 0) is 17.7 Å². The Morgan fingerprint density at radius 1 is 1.42 bits per heavy atom. The van der Waals surface area contributed by atoms with E-state index in [2.05, 4.69) is 10.3 Å². The van der Waals surface area contributed by atoms with E-state index in [1.54, 1.807) is 23.7 Å². The average Bonchev–Trinajstić information content (AvgIpc) is 3.14. The first-order chi connectivity index (χ1) is 11.5. The number of benzene rings is 1. The highest BCUT2D eigenvalue weighted by Crippen LogP contribution is 2.33. The van der Waals surface area contributed by atoms with Crippen molar-refractivity contribution in [2.24, 2.45) is 0 Å². The van der Waals surface area contributed by atoms with Crippen LogP contribution in [0.2, 0.25) is 5.02 Å². The monoisotopic (exact) mass is 395 g/mol. The van der Waals surface area contributed by atoms with E-state index in [1.165, 1.54) is 16.2 Å². The van der Waals surface area contributed by atoms with E-state index in [0.29, 0.717) is 19.4 Å². The number of rotatable bonds is 4. The van der Waals surface area contributed by atoms with Gasteiger partial charge in [0.1, 0.15) is 10.9 Å². The lowest BCUT2D eigenvalue weighted by atomic mass is 10.2. The zero-order valence-corrected chi connectivity index (χ0v) is 15.3. The normalized spacial score (nSPS) is 16.0. The van der Waals surface area contributed by atoms with Gasteiger partial charge in [0.05, 0.1) is 4.91 Å². The summed E-state index contributed by atoms with van der Waals surface area (Å²) in [5, 5.41) is 5.41. The Hall–Kier alpha value is -1.74. The van der Waals surface area contributed by atoms with Crippen LogP contribution in [0.15, 0.2) is 40.7 Å². The average molecular weight is 396 g/mol. The van der Waals surface area contributed by atoms with Crippen LogP contribution in [0.5, 0.6) is 0 Å². The lowest BCUT2D eigenvalue weighted by molar-refractivity contribution is -0.126. The smallest absolute Gasteiger partial charge is 0.266 e. The first-order valence-electron chi connectivity index (χ1n) is 6.74. The van der Waals surface area contributed by atoms with Crippen molar-refractivity contribution >= 4 is 74.3 Å². The van der Waals surface area contributed by atoms with Crippen molar-refractivity contribution in [1.82, 2.24) is 9.88 Å². The summed E-state index contributed by atoms with van der Waals surface area (Å²) in [4.78, 5) is 30.2. The summed E-state index contributed by atoms with van der Waals surface area (Å²) in [6, 6.07) is 7.20. The molecule has 2 amide bonds. The molecule has 1 aliphatic rings. The minimum atomic E-state index is -0.347. The first kappa shape index (κ1) is 17.1. The number of amides is 2. The van der Waals surface area contributed by atoms with E-state index >= 15 is 0 Å². The second kappa shape index (κ2) is 7.43. The summed E-state index contributed by atoms with van der Waals surface area (Å²) in [7, 11) is 0. The van der Waals surface area contributed by atoms with Crippen LogP contribution in [0.3, 0.4) is 0 Å². The third-order valence-electron chi connectivity index (χ3n) is 3.05. The highest BCUT2D eigenvalue weighted by Gasteiger charge is 2.33. The van der Waals surface area contributed by atoms with Gasteiger partial charge in [-0.1, -0.05) is 53.8 Å². The van der Waals surface area contributed by atoms with Gasteiger partial charge < -0.3 is 5.32 Å². The number of thioether (sulfide) groups is 1. The predicted octanol–water partition coefficient (Wildman–Crippen LogP) is 3.64. The molecular weight excluding hydrogens is 386 g/mol. The second-order valence-corrected chi connectivity index (χ2v) is 7.65. The van der Waals surface area contributed by atoms with Crippen LogP contribution in [0.4, 0.5) is 5.13 Å². The molecule has 1 aromatic carbocycles. The lowest BCUT2D eigenvalue weighted by Crippen LogP contribution is -2.36. The molecular formula is C15H10ClN3O2S3. The third-order valence-corrected chi connectivity index (χ3v) is 5.46. The molecule has 0 saturated carbocycles. The summed E-state index contributed by atoms with van der Waals surface area (Å²) >= 11 is 13.8. The number of aromatic nitrogens is 1. The van der Waals surface area contributed by atoms with Crippen molar-refractivity contribution in [3.63, 3.8) is 0 Å². The molecule has 9 heteroatoms. The number of thiazole rings is 1. The number of carbonyl (C=O) groups excluding carboxylic acids is 2. The molecule has 1 saturated heterocycles. The van der Waals surface area contributed by atoms with Crippen molar-refractivity contribution in [2.45, 2.75) is 0 Å². The third kappa shape index (κ3) is 3.84. The lowest BCUT2D eigenvalue weighted by Gasteiger charge is -2.13. The topological polar surface area (TPSA) is 62.3 Å². The highest BCUT2D eigenvalue weighted by molar-refractivity contribution is 8.26. The molecule has 0 unspecified atom stereocenters. The van der Waals surface area contributed by atoms with Gasteiger partial charge in [-0.3, -0.25) is 14.5 Å². The summed E-state index contributed by atoms with van der Waals surface area (Å²) in [5.41, 5.74) is 0.729. The minimum Gasteiger partial charge on any atom is -0.300 e. The molecule has 5 nitrogen and oxygen atoms in total. The number of hydrogen-bond donors (Lipinski definition) is 1. The van der Waals surface area contributed by atoms with E-state index in [9.17, 15) is 9.59 Å². The Morgan fingerprint density at radius 3 is 2.92 bits per heavy atom. The standard InChI is InChI=1S/C15H10ClN3O2S3/c16-10-4-2-1-3-9(10)7-11-13(21)19(15(22)24-11)8-12(20)18-14-17-5-6-23-14/h1-7H,8H2,(H,17,18,20)/b11-7-. The zero-order valence-electron chi connectivity index (χ0n) is 12.1. The fourth-order valence-corrected chi connectivity index (χ4v) is 3.94. The van der Waals surface area contributed by atoms with Gasteiger partial charge in [-0.15, -0.1) is 11.3 Å². The Bertz CT molecular complexity index is 836. The largest absolute Gasteiger partial charge is 0.300 e. The Morgan fingerprint density at radius 2 is 2.21 bits per heavy atom. The Kier molecular flexibility index (Phi) is 5.30. The van der Waals surface area contributed by atoms with Gasteiger partial charge >= 0.3 is 0 Å². The highest BCUT2D eigenvalue weighted by atomic mass is 35.5. The maximum atomic E-state index is 12.5. The van der Waals surface area contributed by atoms with Crippen molar-refractivity contribution in [2.75, 3.05) is 11.9 Å². The maximum absolute atomic E-state index is 12.5. The van der Waals surface area contributed by atoms with E-state index in [0.717, 1.165) is 17.3 Å². The quantitative estimate of drug-likeness (QED) is 0.632. The molecule has 1 N–H and O–H groups in total. The van der Waals surface area contributed by atoms with E-state index in [4.69, 9.17) is 23.8 Å². The molecule has 24 heavy (non-hydrogen) atoms. The van der Waals surface area contributed by atoms with Crippen LogP contribution >= 0.6 is 46.9 Å². The molecule has 1 aliphatic heterocycles. The number of nitrogens with one attached hydrogen (secondary N) is 1. The van der Waals surface area contributed by atoms with Gasteiger partial charge in [0, 0.05) is 16.6 Å². The van der Waals surface area contributed by atoms with Crippen molar-refractivity contribution in [3.8, 4) is 0 Å². The second-order valence-electron chi connectivity index (χ2n) is 4.67. The van der Waals surface area contributed by atoms with E-state index in [1.807, 2.05) is 18.2 Å². The van der Waals surface area contributed by atoms with Crippen molar-refractivity contribution in [1.29, 1.82) is 0 Å². The van der Waals surface area contributed by atoms with Crippen molar-refractivity contribution in [3.05, 3.63) is 51.3 Å². The number of hydrogen-bond acceptors (Lipinski definition) is 6. The molecule has 0 radical (unpaired) electrons. The van der Waals surface area contributed by atoms with Crippen LogP contribution in [-0.4, -0.2) is 32.6 Å². The van der Waals surface area contributed by atoms with Gasteiger partial charge in [-0.2, -0.15) is 0 Å². The summed E-state index contributed by atoms with van der Waals surface area (Å²) < 4.78 is 0.340. The fourth-order valence-electron chi connectivity index (χ4n) is 1.96. The van der Waals surface area contributed by atoms with Gasteiger partial charge in [0.25, 0.3) is 5.91 Å². The van der Waals surface area contributed by atoms with Crippen LogP contribution < -0.4 is 5.32 Å². The Labute approximate surface area is 156 Å². The van der Waals surface area contributed by atoms with Gasteiger partial charge in [0.15, 0.2) is 5.13 Å². The molecule has 0 aliphatic carbocycles. The molecule has 2 aromatic rings.